The molecule has 0 bridgehead atoms. The summed E-state index contributed by atoms with van der Waals surface area (Å²) in [6, 6.07) is 0. The highest BCUT2D eigenvalue weighted by Gasteiger charge is 2.19. The number of aryl methyl sites for hydroxylation is 1. The van der Waals surface area contributed by atoms with E-state index in [-0.39, 0.29) is 18.8 Å². The largest absolute Gasteiger partial charge is 0.469 e. The Balaban J connectivity index is 2.73. The summed E-state index contributed by atoms with van der Waals surface area (Å²) in [5.41, 5.74) is 1.31. The van der Waals surface area contributed by atoms with Gasteiger partial charge in [0.15, 0.2) is 0 Å². The van der Waals surface area contributed by atoms with E-state index in [1.165, 1.54) is 13.2 Å². The summed E-state index contributed by atoms with van der Waals surface area (Å²) < 4.78 is 6.41. The number of imidazole rings is 1. The van der Waals surface area contributed by atoms with Gasteiger partial charge in [-0.2, -0.15) is 0 Å². The second-order valence-corrected chi connectivity index (χ2v) is 6.89. The van der Waals surface area contributed by atoms with E-state index in [4.69, 9.17) is 0 Å². The van der Waals surface area contributed by atoms with E-state index in [9.17, 15) is 20.1 Å². The van der Waals surface area contributed by atoms with Crippen molar-refractivity contribution in [1.29, 1.82) is 0 Å². The molecule has 0 amide bonds. The molecular weight excluding hydrogens is 348 g/mol. The van der Waals surface area contributed by atoms with Crippen LogP contribution in [-0.4, -0.2) is 50.2 Å². The molecule has 3 atom stereocenters. The molecule has 0 aliphatic rings. The highest BCUT2D eigenvalue weighted by atomic mass is 16.5. The molecule has 154 valence electrons. The number of aromatic nitrogens is 2. The molecule has 1 heterocycles. The molecule has 2 unspecified atom stereocenters. The Morgan fingerprint density at radius 1 is 1.22 bits per heavy atom. The third-order valence-electron chi connectivity index (χ3n) is 4.74. The zero-order valence-corrected chi connectivity index (χ0v) is 16.9. The van der Waals surface area contributed by atoms with Gasteiger partial charge in [-0.1, -0.05) is 32.3 Å². The van der Waals surface area contributed by atoms with E-state index in [0.29, 0.717) is 24.2 Å². The lowest BCUT2D eigenvalue weighted by Crippen LogP contribution is -2.23. The minimum absolute atomic E-state index is 0.206. The summed E-state index contributed by atoms with van der Waals surface area (Å²) in [6.45, 7) is 3.98. The summed E-state index contributed by atoms with van der Waals surface area (Å²) in [6.07, 6.45) is 5.12. The van der Waals surface area contributed by atoms with Crippen LogP contribution in [0.25, 0.3) is 6.08 Å². The Morgan fingerprint density at radius 3 is 2.56 bits per heavy atom. The van der Waals surface area contributed by atoms with E-state index in [1.54, 1.807) is 6.08 Å². The summed E-state index contributed by atoms with van der Waals surface area (Å²) in [4.78, 5) is 15.5. The SMILES string of the molecule is CCCCC[C@H](O)c1c(/C=C/C(O)C(O)CCCC(=O)OC)nc(C)n1C. The molecule has 0 spiro atoms. The third-order valence-corrected chi connectivity index (χ3v) is 4.74. The molecule has 0 aliphatic heterocycles. The number of carbonyl (C=O) groups excluding carboxylic acids is 1. The molecule has 0 aliphatic carbocycles. The van der Waals surface area contributed by atoms with Gasteiger partial charge in [-0.3, -0.25) is 4.79 Å². The topological polar surface area (TPSA) is 105 Å². The van der Waals surface area contributed by atoms with Gasteiger partial charge in [0.2, 0.25) is 0 Å². The highest BCUT2D eigenvalue weighted by Crippen LogP contribution is 2.25. The molecule has 27 heavy (non-hydrogen) atoms. The minimum Gasteiger partial charge on any atom is -0.469 e. The smallest absolute Gasteiger partial charge is 0.305 e. The lowest BCUT2D eigenvalue weighted by molar-refractivity contribution is -0.140. The van der Waals surface area contributed by atoms with E-state index < -0.39 is 18.3 Å². The Kier molecular flexibility index (Phi) is 10.3. The van der Waals surface area contributed by atoms with Gasteiger partial charge in [0.05, 0.1) is 36.8 Å². The fraction of sp³-hybridized carbons (Fsp3) is 0.700. The van der Waals surface area contributed by atoms with Gasteiger partial charge in [-0.25, -0.2) is 4.98 Å². The lowest BCUT2D eigenvalue weighted by Gasteiger charge is -2.15. The van der Waals surface area contributed by atoms with Crippen molar-refractivity contribution in [2.24, 2.45) is 7.05 Å². The fourth-order valence-corrected chi connectivity index (χ4v) is 2.94. The summed E-state index contributed by atoms with van der Waals surface area (Å²) in [5, 5.41) is 30.7. The first-order valence-corrected chi connectivity index (χ1v) is 9.64. The van der Waals surface area contributed by atoms with Crippen molar-refractivity contribution in [3.8, 4) is 0 Å². The second-order valence-electron chi connectivity index (χ2n) is 6.89. The number of hydrogen-bond donors (Lipinski definition) is 3. The molecule has 0 saturated carbocycles. The van der Waals surface area contributed by atoms with Gasteiger partial charge in [0, 0.05) is 13.5 Å². The number of methoxy groups -OCH3 is 1. The van der Waals surface area contributed by atoms with Crippen LogP contribution in [-0.2, 0) is 16.6 Å². The van der Waals surface area contributed by atoms with Gasteiger partial charge >= 0.3 is 5.97 Å². The van der Waals surface area contributed by atoms with E-state index in [1.807, 2.05) is 18.5 Å². The average Bonchev–Trinajstić information content (AvgIpc) is 2.93. The number of carbonyl (C=O) groups is 1. The van der Waals surface area contributed by atoms with Crippen molar-refractivity contribution < 1.29 is 24.9 Å². The van der Waals surface area contributed by atoms with Crippen molar-refractivity contribution in [3.63, 3.8) is 0 Å². The van der Waals surface area contributed by atoms with Gasteiger partial charge in [-0.15, -0.1) is 0 Å². The van der Waals surface area contributed by atoms with Crippen LogP contribution in [0.1, 0.15) is 75.2 Å². The normalized spacial score (nSPS) is 15.1. The maximum Gasteiger partial charge on any atom is 0.305 e. The molecule has 0 saturated heterocycles. The zero-order valence-electron chi connectivity index (χ0n) is 16.9. The van der Waals surface area contributed by atoms with E-state index >= 15 is 0 Å². The Hall–Kier alpha value is -1.70. The summed E-state index contributed by atoms with van der Waals surface area (Å²) >= 11 is 0. The monoisotopic (exact) mass is 382 g/mol. The number of unbranched alkanes of at least 4 members (excludes halogenated alkanes) is 2. The molecule has 1 rings (SSSR count). The van der Waals surface area contributed by atoms with Gasteiger partial charge in [0.25, 0.3) is 0 Å². The van der Waals surface area contributed by atoms with Crippen LogP contribution < -0.4 is 0 Å². The molecular formula is C20H34N2O5. The predicted octanol–water partition coefficient (Wildman–Crippen LogP) is 2.42. The molecule has 0 radical (unpaired) electrons. The fourth-order valence-electron chi connectivity index (χ4n) is 2.94. The quantitative estimate of drug-likeness (QED) is 0.379. The van der Waals surface area contributed by atoms with Crippen molar-refractivity contribution >= 4 is 12.0 Å². The number of rotatable bonds is 12. The molecule has 7 nitrogen and oxygen atoms in total. The standard InChI is InChI=1S/C20H34N2O5/c1-5-6-7-9-18(25)20-15(21-14(2)22(20)3)12-13-17(24)16(23)10-8-11-19(26)27-4/h12-13,16-18,23-25H,5-11H2,1-4H3/b13-12+/t16?,17?,18-/m0/s1. The van der Waals surface area contributed by atoms with Crippen molar-refractivity contribution in [2.75, 3.05) is 7.11 Å². The van der Waals surface area contributed by atoms with E-state index in [0.717, 1.165) is 25.1 Å². The maximum atomic E-state index is 11.1. The molecule has 7 heteroatoms. The number of aliphatic hydroxyl groups excluding tert-OH is 3. The Labute approximate surface area is 161 Å². The van der Waals surface area contributed by atoms with Crippen LogP contribution in [0.2, 0.25) is 0 Å². The van der Waals surface area contributed by atoms with Gasteiger partial charge in [-0.05, 0) is 32.3 Å². The van der Waals surface area contributed by atoms with Crippen LogP contribution in [0.15, 0.2) is 6.08 Å². The van der Waals surface area contributed by atoms with Gasteiger partial charge < -0.3 is 24.6 Å². The summed E-state index contributed by atoms with van der Waals surface area (Å²) in [5.74, 6) is 0.435. The van der Waals surface area contributed by atoms with Crippen LogP contribution in [0.4, 0.5) is 0 Å². The molecule has 1 aromatic heterocycles. The zero-order chi connectivity index (χ0) is 20.4. The number of aliphatic hydroxyl groups is 3. The van der Waals surface area contributed by atoms with Crippen LogP contribution in [0.3, 0.4) is 0 Å². The second kappa shape index (κ2) is 11.9. The van der Waals surface area contributed by atoms with Crippen LogP contribution in [0.5, 0.6) is 0 Å². The third kappa shape index (κ3) is 7.44. The number of ether oxygens (including phenoxy) is 1. The maximum absolute atomic E-state index is 11.1. The molecule has 0 fully saturated rings. The number of esters is 1. The van der Waals surface area contributed by atoms with Crippen molar-refractivity contribution in [3.05, 3.63) is 23.3 Å². The van der Waals surface area contributed by atoms with Gasteiger partial charge in [0.1, 0.15) is 5.82 Å². The first-order chi connectivity index (χ1) is 12.8. The minimum atomic E-state index is -1.07. The molecule has 1 aromatic rings. The lowest BCUT2D eigenvalue weighted by atomic mass is 10.0. The van der Waals surface area contributed by atoms with Crippen LogP contribution in [0, 0.1) is 6.92 Å². The molecule has 3 N–H and O–H groups in total. The Bertz CT molecular complexity index is 612. The first-order valence-electron chi connectivity index (χ1n) is 9.64. The van der Waals surface area contributed by atoms with E-state index in [2.05, 4.69) is 16.6 Å². The van der Waals surface area contributed by atoms with Crippen molar-refractivity contribution in [1.82, 2.24) is 9.55 Å². The first kappa shape index (κ1) is 23.3. The average molecular weight is 383 g/mol. The highest BCUT2D eigenvalue weighted by molar-refractivity contribution is 5.69. The molecule has 0 aromatic carbocycles. The number of nitrogens with zero attached hydrogens (tertiary/aromatic N) is 2. The van der Waals surface area contributed by atoms with Crippen molar-refractivity contribution in [2.45, 2.75) is 77.1 Å². The summed E-state index contributed by atoms with van der Waals surface area (Å²) in [7, 11) is 3.18. The Morgan fingerprint density at radius 2 is 1.93 bits per heavy atom. The predicted molar refractivity (Wildman–Crippen MR) is 104 cm³/mol. The number of hydrogen-bond acceptors (Lipinski definition) is 6. The van der Waals surface area contributed by atoms with Crippen LogP contribution >= 0.6 is 0 Å².